The van der Waals surface area contributed by atoms with Crippen LogP contribution in [0.3, 0.4) is 0 Å². The van der Waals surface area contributed by atoms with Crippen LogP contribution < -0.4 is 5.56 Å². The fourth-order valence-electron chi connectivity index (χ4n) is 3.65. The van der Waals surface area contributed by atoms with Crippen molar-refractivity contribution in [2.75, 3.05) is 13.1 Å². The average Bonchev–Trinajstić information content (AvgIpc) is 3.29. The topological polar surface area (TPSA) is 78.3 Å². The zero-order chi connectivity index (χ0) is 18.8. The van der Waals surface area contributed by atoms with E-state index in [0.29, 0.717) is 30.4 Å². The van der Waals surface area contributed by atoms with Crippen LogP contribution in [-0.4, -0.2) is 38.8 Å². The third-order valence-electron chi connectivity index (χ3n) is 4.97. The molecule has 1 atom stereocenters. The van der Waals surface area contributed by atoms with Gasteiger partial charge in [-0.1, -0.05) is 30.3 Å². The van der Waals surface area contributed by atoms with E-state index in [-0.39, 0.29) is 17.2 Å². The molecule has 0 radical (unpaired) electrons. The van der Waals surface area contributed by atoms with Crippen molar-refractivity contribution in [3.63, 3.8) is 0 Å². The van der Waals surface area contributed by atoms with E-state index < -0.39 is 0 Å². The van der Waals surface area contributed by atoms with E-state index in [1.54, 1.807) is 17.0 Å². The summed E-state index contributed by atoms with van der Waals surface area (Å²) < 4.78 is 1.38. The van der Waals surface area contributed by atoms with Gasteiger partial charge < -0.3 is 10.0 Å². The molecule has 1 saturated heterocycles. The lowest BCUT2D eigenvalue weighted by Crippen LogP contribution is -2.29. The van der Waals surface area contributed by atoms with Crippen molar-refractivity contribution < 1.29 is 9.90 Å². The van der Waals surface area contributed by atoms with Crippen LogP contribution in [-0.2, 0) is 6.42 Å². The Kier molecular flexibility index (Phi) is 4.54. The number of rotatable bonds is 4. The minimum Gasteiger partial charge on any atom is -0.508 e. The number of amides is 1. The predicted octanol–water partition coefficient (Wildman–Crippen LogP) is 2.58. The van der Waals surface area contributed by atoms with Gasteiger partial charge in [-0.25, -0.2) is 4.68 Å². The molecule has 138 valence electrons. The molecule has 0 spiro atoms. The fraction of sp³-hybridized carbons (Fsp3) is 0.238. The number of H-pyrrole nitrogens is 1. The maximum absolute atomic E-state index is 12.8. The quantitative estimate of drug-likeness (QED) is 0.748. The number of nitrogens with one attached hydrogen (secondary N) is 1. The molecule has 2 heterocycles. The number of hydrogen-bond donors (Lipinski definition) is 2. The molecule has 0 saturated carbocycles. The smallest absolute Gasteiger partial charge is 0.271 e. The van der Waals surface area contributed by atoms with E-state index in [2.05, 4.69) is 5.10 Å². The molecule has 1 aromatic heterocycles. The van der Waals surface area contributed by atoms with E-state index in [9.17, 15) is 14.7 Å². The number of aromatic hydroxyl groups is 1. The van der Waals surface area contributed by atoms with E-state index in [0.717, 1.165) is 18.4 Å². The first-order valence-electron chi connectivity index (χ1n) is 9.05. The van der Waals surface area contributed by atoms with Crippen molar-refractivity contribution in [2.24, 2.45) is 5.92 Å². The predicted molar refractivity (Wildman–Crippen MR) is 102 cm³/mol. The standard InChI is InChI=1S/C21H21N3O3/c25-18-8-4-5-15(12-18)11-16-9-10-23(14-16)21(27)19-13-20(26)24(22-19)17-6-2-1-3-7-17/h1-8,12-13,16,22,25H,9-11,14H2. The summed E-state index contributed by atoms with van der Waals surface area (Å²) in [6.07, 6.45) is 1.73. The van der Waals surface area contributed by atoms with Gasteiger partial charge in [0.2, 0.25) is 0 Å². The van der Waals surface area contributed by atoms with Crippen molar-refractivity contribution in [1.82, 2.24) is 14.7 Å². The van der Waals surface area contributed by atoms with Gasteiger partial charge in [0, 0.05) is 19.2 Å². The maximum Gasteiger partial charge on any atom is 0.271 e. The van der Waals surface area contributed by atoms with E-state index in [1.165, 1.54) is 10.7 Å². The van der Waals surface area contributed by atoms with Gasteiger partial charge in [-0.05, 0) is 48.6 Å². The summed E-state index contributed by atoms with van der Waals surface area (Å²) >= 11 is 0. The van der Waals surface area contributed by atoms with Gasteiger partial charge in [-0.2, -0.15) is 0 Å². The first-order chi connectivity index (χ1) is 13.1. The summed E-state index contributed by atoms with van der Waals surface area (Å²) in [6, 6.07) is 17.8. The molecule has 27 heavy (non-hydrogen) atoms. The molecular formula is C21H21N3O3. The highest BCUT2D eigenvalue weighted by atomic mass is 16.3. The molecule has 1 fully saturated rings. The third-order valence-corrected chi connectivity index (χ3v) is 4.97. The van der Waals surface area contributed by atoms with Crippen LogP contribution in [0.4, 0.5) is 0 Å². The van der Waals surface area contributed by atoms with Crippen molar-refractivity contribution in [3.05, 3.63) is 82.3 Å². The molecule has 2 aromatic carbocycles. The number of aromatic amines is 1. The highest BCUT2D eigenvalue weighted by Gasteiger charge is 2.28. The second kappa shape index (κ2) is 7.15. The van der Waals surface area contributed by atoms with E-state index >= 15 is 0 Å². The number of hydrogen-bond acceptors (Lipinski definition) is 3. The van der Waals surface area contributed by atoms with Crippen LogP contribution in [0.2, 0.25) is 0 Å². The van der Waals surface area contributed by atoms with E-state index in [1.807, 2.05) is 42.5 Å². The molecule has 1 amide bonds. The van der Waals surface area contributed by atoms with Gasteiger partial charge in [0.25, 0.3) is 11.5 Å². The molecule has 1 unspecified atom stereocenters. The number of phenols is 1. The van der Waals surface area contributed by atoms with Gasteiger partial charge >= 0.3 is 0 Å². The molecular weight excluding hydrogens is 342 g/mol. The van der Waals surface area contributed by atoms with Gasteiger partial charge in [-0.15, -0.1) is 0 Å². The average molecular weight is 363 g/mol. The normalized spacial score (nSPS) is 16.6. The minimum absolute atomic E-state index is 0.153. The molecule has 3 aromatic rings. The second-order valence-electron chi connectivity index (χ2n) is 6.96. The second-order valence-corrected chi connectivity index (χ2v) is 6.96. The molecule has 0 bridgehead atoms. The van der Waals surface area contributed by atoms with Crippen LogP contribution in [0.1, 0.15) is 22.5 Å². The Morgan fingerprint density at radius 3 is 2.70 bits per heavy atom. The van der Waals surface area contributed by atoms with Gasteiger partial charge in [0.1, 0.15) is 11.4 Å². The highest BCUT2D eigenvalue weighted by Crippen LogP contribution is 2.23. The minimum atomic E-state index is -0.250. The summed E-state index contributed by atoms with van der Waals surface area (Å²) in [4.78, 5) is 26.8. The molecule has 1 aliphatic rings. The maximum atomic E-state index is 12.8. The summed E-state index contributed by atoms with van der Waals surface area (Å²) in [6.45, 7) is 1.31. The van der Waals surface area contributed by atoms with Crippen LogP contribution in [0, 0.1) is 5.92 Å². The molecule has 4 rings (SSSR count). The number of carbonyl (C=O) groups excluding carboxylic acids is 1. The van der Waals surface area contributed by atoms with Crippen molar-refractivity contribution >= 4 is 5.91 Å². The van der Waals surface area contributed by atoms with E-state index in [4.69, 9.17) is 0 Å². The lowest BCUT2D eigenvalue weighted by Gasteiger charge is -2.15. The third kappa shape index (κ3) is 3.65. The fourth-order valence-corrected chi connectivity index (χ4v) is 3.65. The molecule has 2 N–H and O–H groups in total. The Hall–Kier alpha value is -3.28. The van der Waals surface area contributed by atoms with Crippen LogP contribution in [0.25, 0.3) is 5.69 Å². The molecule has 1 aliphatic heterocycles. The number of benzene rings is 2. The van der Waals surface area contributed by atoms with Crippen LogP contribution >= 0.6 is 0 Å². The summed E-state index contributed by atoms with van der Waals surface area (Å²) in [7, 11) is 0. The van der Waals surface area contributed by atoms with Gasteiger partial charge in [0.15, 0.2) is 0 Å². The molecule has 0 aliphatic carbocycles. The highest BCUT2D eigenvalue weighted by molar-refractivity contribution is 5.92. The largest absolute Gasteiger partial charge is 0.508 e. The van der Waals surface area contributed by atoms with Crippen molar-refractivity contribution in [3.8, 4) is 11.4 Å². The van der Waals surface area contributed by atoms with Gasteiger partial charge in [0.05, 0.1) is 5.69 Å². The monoisotopic (exact) mass is 363 g/mol. The number of phenolic OH excluding ortho intramolecular Hbond substituents is 1. The zero-order valence-electron chi connectivity index (χ0n) is 14.8. The first kappa shape index (κ1) is 17.1. The summed E-state index contributed by atoms with van der Waals surface area (Å²) in [5, 5.41) is 12.5. The number of nitrogens with zero attached hydrogens (tertiary/aromatic N) is 2. The Labute approximate surface area is 156 Å². The zero-order valence-corrected chi connectivity index (χ0v) is 14.8. The molecule has 6 heteroatoms. The number of likely N-dealkylation sites (tertiary alicyclic amines) is 1. The Morgan fingerprint density at radius 2 is 1.93 bits per heavy atom. The number of para-hydroxylation sites is 1. The summed E-state index contributed by atoms with van der Waals surface area (Å²) in [5.74, 6) is 0.456. The van der Waals surface area contributed by atoms with Crippen molar-refractivity contribution in [2.45, 2.75) is 12.8 Å². The van der Waals surface area contributed by atoms with Crippen molar-refractivity contribution in [1.29, 1.82) is 0 Å². The lowest BCUT2D eigenvalue weighted by atomic mass is 9.98. The Balaban J connectivity index is 1.46. The Morgan fingerprint density at radius 1 is 1.11 bits per heavy atom. The first-order valence-corrected chi connectivity index (χ1v) is 9.05. The summed E-state index contributed by atoms with van der Waals surface area (Å²) in [5.41, 5.74) is 1.82. The lowest BCUT2D eigenvalue weighted by molar-refractivity contribution is 0.0781. The van der Waals surface area contributed by atoms with Crippen LogP contribution in [0.15, 0.2) is 65.5 Å². The number of aromatic nitrogens is 2. The van der Waals surface area contributed by atoms with Gasteiger partial charge in [-0.3, -0.25) is 14.7 Å². The SMILES string of the molecule is O=C(c1cc(=O)n(-c2ccccc2)[nH]1)N1CCC(Cc2cccc(O)c2)C1. The number of carbonyl (C=O) groups is 1. The van der Waals surface area contributed by atoms with Crippen LogP contribution in [0.5, 0.6) is 5.75 Å². The Bertz CT molecular complexity index is 1010. The molecule has 6 nitrogen and oxygen atoms in total.